The fourth-order valence-electron chi connectivity index (χ4n) is 4.98. The molecule has 3 amide bonds. The van der Waals surface area contributed by atoms with E-state index in [1.54, 1.807) is 0 Å². The van der Waals surface area contributed by atoms with Gasteiger partial charge in [0.25, 0.3) is 5.91 Å². The van der Waals surface area contributed by atoms with Gasteiger partial charge in [0.05, 0.1) is 6.67 Å². The molecule has 4 rings (SSSR count). The number of rotatable bonds is 3. The number of aromatic nitrogens is 1. The molecule has 29 heavy (non-hydrogen) atoms. The molecule has 2 aliphatic heterocycles. The molecule has 1 spiro atoms. The molecular formula is C22H33N5O2. The molecule has 0 unspecified atom stereocenters. The highest BCUT2D eigenvalue weighted by atomic mass is 16.2. The number of anilines is 1. The van der Waals surface area contributed by atoms with E-state index in [2.05, 4.69) is 40.9 Å². The van der Waals surface area contributed by atoms with Crippen LogP contribution in [0.25, 0.3) is 0 Å². The normalized spacial score (nSPS) is 28.9. The van der Waals surface area contributed by atoms with Gasteiger partial charge < -0.3 is 10.2 Å². The Morgan fingerprint density at radius 2 is 1.79 bits per heavy atom. The zero-order valence-electron chi connectivity index (χ0n) is 17.9. The molecule has 7 nitrogen and oxygen atoms in total. The van der Waals surface area contributed by atoms with Crippen LogP contribution in [0.1, 0.15) is 46.5 Å². The Labute approximate surface area is 173 Å². The van der Waals surface area contributed by atoms with Gasteiger partial charge >= 0.3 is 6.03 Å². The number of pyridine rings is 1. The van der Waals surface area contributed by atoms with Crippen LogP contribution in [0.4, 0.5) is 10.6 Å². The first-order valence-corrected chi connectivity index (χ1v) is 10.8. The van der Waals surface area contributed by atoms with Crippen molar-refractivity contribution in [3.63, 3.8) is 0 Å². The largest absolute Gasteiger partial charge is 0.354 e. The van der Waals surface area contributed by atoms with Gasteiger partial charge in [-0.3, -0.25) is 9.69 Å². The lowest BCUT2D eigenvalue weighted by molar-refractivity contribution is -0.134. The summed E-state index contributed by atoms with van der Waals surface area (Å²) in [4.78, 5) is 36.1. The number of amides is 3. The van der Waals surface area contributed by atoms with Crippen LogP contribution >= 0.6 is 0 Å². The average molecular weight is 400 g/mol. The molecule has 1 aromatic heterocycles. The quantitative estimate of drug-likeness (QED) is 0.792. The maximum Gasteiger partial charge on any atom is 0.326 e. The Bertz CT molecular complexity index is 744. The minimum absolute atomic E-state index is 0.0259. The summed E-state index contributed by atoms with van der Waals surface area (Å²) in [5.74, 6) is 1.56. The molecule has 1 N–H and O–H groups in total. The fourth-order valence-corrected chi connectivity index (χ4v) is 4.98. The predicted molar refractivity (Wildman–Crippen MR) is 112 cm³/mol. The van der Waals surface area contributed by atoms with E-state index in [4.69, 9.17) is 0 Å². The summed E-state index contributed by atoms with van der Waals surface area (Å²) < 4.78 is 0. The molecule has 0 radical (unpaired) electrons. The third kappa shape index (κ3) is 3.97. The van der Waals surface area contributed by atoms with Crippen LogP contribution in [0, 0.1) is 11.3 Å². The number of urea groups is 1. The molecule has 3 aliphatic rings. The summed E-state index contributed by atoms with van der Waals surface area (Å²) in [6, 6.07) is 5.71. The highest BCUT2D eigenvalue weighted by molar-refractivity contribution is 6.07. The first-order chi connectivity index (χ1) is 13.8. The van der Waals surface area contributed by atoms with Crippen molar-refractivity contribution in [1.29, 1.82) is 0 Å². The van der Waals surface area contributed by atoms with Gasteiger partial charge in [0.1, 0.15) is 11.4 Å². The van der Waals surface area contributed by atoms with Gasteiger partial charge in [-0.05, 0) is 49.1 Å². The van der Waals surface area contributed by atoms with Crippen molar-refractivity contribution in [3.8, 4) is 0 Å². The van der Waals surface area contributed by atoms with Crippen LogP contribution < -0.4 is 10.2 Å². The molecular weight excluding hydrogens is 366 g/mol. The summed E-state index contributed by atoms with van der Waals surface area (Å²) in [6.07, 6.45) is 5.30. The lowest BCUT2D eigenvalue weighted by Gasteiger charge is -2.41. The van der Waals surface area contributed by atoms with Crippen LogP contribution in [0.15, 0.2) is 24.4 Å². The molecule has 3 heterocycles. The second-order valence-corrected chi connectivity index (χ2v) is 9.82. The standard InChI is InChI=1S/C22H33N5O2/c1-21(2,3)17-7-9-22(10-8-17)19(28)27(20(29)24-22)16-25-12-14-26(15-13-25)18-6-4-5-11-23-18/h4-6,11,17H,7-10,12-16H2,1-3H3,(H,24,29). The summed E-state index contributed by atoms with van der Waals surface area (Å²) in [5, 5.41) is 3.06. The molecule has 1 aliphatic carbocycles. The molecule has 0 aromatic carbocycles. The van der Waals surface area contributed by atoms with Crippen molar-refractivity contribution in [2.75, 3.05) is 37.7 Å². The minimum Gasteiger partial charge on any atom is -0.354 e. The van der Waals surface area contributed by atoms with Gasteiger partial charge in [-0.15, -0.1) is 0 Å². The molecule has 0 atom stereocenters. The number of carbonyl (C=O) groups excluding carboxylic acids is 2. The van der Waals surface area contributed by atoms with Crippen molar-refractivity contribution in [2.24, 2.45) is 11.3 Å². The zero-order chi connectivity index (χ0) is 20.6. The minimum atomic E-state index is -0.672. The van der Waals surface area contributed by atoms with Crippen LogP contribution in [0.3, 0.4) is 0 Å². The fraction of sp³-hybridized carbons (Fsp3) is 0.682. The van der Waals surface area contributed by atoms with E-state index < -0.39 is 5.54 Å². The predicted octanol–water partition coefficient (Wildman–Crippen LogP) is 2.69. The van der Waals surface area contributed by atoms with E-state index in [1.807, 2.05) is 24.4 Å². The Kier molecular flexibility index (Phi) is 5.27. The monoisotopic (exact) mass is 399 g/mol. The molecule has 2 saturated heterocycles. The van der Waals surface area contributed by atoms with Crippen molar-refractivity contribution in [3.05, 3.63) is 24.4 Å². The maximum absolute atomic E-state index is 13.2. The molecule has 0 bridgehead atoms. The van der Waals surface area contributed by atoms with E-state index in [1.165, 1.54) is 4.90 Å². The number of nitrogens with zero attached hydrogens (tertiary/aromatic N) is 4. The number of nitrogens with one attached hydrogen (secondary N) is 1. The topological polar surface area (TPSA) is 68.8 Å². The smallest absolute Gasteiger partial charge is 0.326 e. The number of carbonyl (C=O) groups is 2. The first kappa shape index (κ1) is 20.1. The SMILES string of the molecule is CC(C)(C)C1CCC2(CC1)NC(=O)N(CN1CCN(c3ccccn3)CC1)C2=O. The lowest BCUT2D eigenvalue weighted by atomic mass is 9.67. The lowest BCUT2D eigenvalue weighted by Crippen LogP contribution is -2.53. The third-order valence-electron chi connectivity index (χ3n) is 7.00. The number of piperazine rings is 1. The van der Waals surface area contributed by atoms with E-state index in [-0.39, 0.29) is 17.4 Å². The van der Waals surface area contributed by atoms with Crippen LogP contribution in [0.5, 0.6) is 0 Å². The Balaban J connectivity index is 1.34. The second-order valence-electron chi connectivity index (χ2n) is 9.82. The van der Waals surface area contributed by atoms with Gasteiger partial charge in [0.2, 0.25) is 0 Å². The van der Waals surface area contributed by atoms with E-state index >= 15 is 0 Å². The summed E-state index contributed by atoms with van der Waals surface area (Å²) in [5.41, 5.74) is -0.422. The molecule has 158 valence electrons. The van der Waals surface area contributed by atoms with Gasteiger partial charge in [-0.2, -0.15) is 0 Å². The highest BCUT2D eigenvalue weighted by Gasteiger charge is 2.53. The summed E-state index contributed by atoms with van der Waals surface area (Å²) >= 11 is 0. The second kappa shape index (κ2) is 7.59. The van der Waals surface area contributed by atoms with Crippen molar-refractivity contribution in [1.82, 2.24) is 20.1 Å². The molecule has 1 aromatic rings. The Morgan fingerprint density at radius 1 is 1.10 bits per heavy atom. The Hall–Kier alpha value is -2.15. The Morgan fingerprint density at radius 3 is 2.38 bits per heavy atom. The van der Waals surface area contributed by atoms with Gasteiger partial charge in [-0.25, -0.2) is 14.7 Å². The molecule has 3 fully saturated rings. The van der Waals surface area contributed by atoms with Gasteiger partial charge in [0, 0.05) is 32.4 Å². The van der Waals surface area contributed by atoms with Crippen molar-refractivity contribution in [2.45, 2.75) is 52.0 Å². The van der Waals surface area contributed by atoms with E-state index in [9.17, 15) is 9.59 Å². The van der Waals surface area contributed by atoms with Crippen LogP contribution in [0.2, 0.25) is 0 Å². The van der Waals surface area contributed by atoms with Crippen LogP contribution in [-0.4, -0.2) is 65.1 Å². The summed E-state index contributed by atoms with van der Waals surface area (Å²) in [7, 11) is 0. The third-order valence-corrected chi connectivity index (χ3v) is 7.00. The van der Waals surface area contributed by atoms with Crippen LogP contribution in [-0.2, 0) is 4.79 Å². The van der Waals surface area contributed by atoms with E-state index in [0.717, 1.165) is 57.7 Å². The highest BCUT2D eigenvalue weighted by Crippen LogP contribution is 2.43. The molecule has 1 saturated carbocycles. The average Bonchev–Trinajstić information content (AvgIpc) is 2.93. The van der Waals surface area contributed by atoms with Gasteiger partial charge in [0.15, 0.2) is 0 Å². The summed E-state index contributed by atoms with van der Waals surface area (Å²) in [6.45, 7) is 10.5. The first-order valence-electron chi connectivity index (χ1n) is 10.8. The van der Waals surface area contributed by atoms with Crippen molar-refractivity contribution < 1.29 is 9.59 Å². The zero-order valence-corrected chi connectivity index (χ0v) is 17.9. The maximum atomic E-state index is 13.2. The molecule has 7 heteroatoms. The number of imide groups is 1. The van der Waals surface area contributed by atoms with Crippen molar-refractivity contribution >= 4 is 17.8 Å². The van der Waals surface area contributed by atoms with E-state index in [0.29, 0.717) is 12.6 Å². The van der Waals surface area contributed by atoms with Gasteiger partial charge in [-0.1, -0.05) is 26.8 Å². The number of hydrogen-bond acceptors (Lipinski definition) is 5. The number of hydrogen-bond donors (Lipinski definition) is 1.